The number of rotatable bonds is 7. The van der Waals surface area contributed by atoms with Crippen LogP contribution in [0.1, 0.15) is 12.8 Å². The lowest BCUT2D eigenvalue weighted by Gasteiger charge is -2.09. The van der Waals surface area contributed by atoms with E-state index in [1.807, 2.05) is 48.5 Å². The van der Waals surface area contributed by atoms with E-state index in [1.54, 1.807) is 18.0 Å². The molecule has 2 aromatic carbocycles. The molecule has 0 radical (unpaired) electrons. The Hall–Kier alpha value is -2.82. The van der Waals surface area contributed by atoms with Crippen LogP contribution in [-0.2, 0) is 6.54 Å². The fraction of sp³-hybridized carbons (Fsp3) is 0.263. The summed E-state index contributed by atoms with van der Waals surface area (Å²) in [7, 11) is 1.63. The number of para-hydroxylation sites is 1. The molecule has 0 N–H and O–H groups in total. The summed E-state index contributed by atoms with van der Waals surface area (Å²) in [6, 6.07) is 14.9. The first-order valence-corrected chi connectivity index (χ1v) is 7.99. The molecule has 0 aliphatic carbocycles. The van der Waals surface area contributed by atoms with E-state index in [4.69, 9.17) is 9.47 Å². The van der Waals surface area contributed by atoms with Gasteiger partial charge in [0.15, 0.2) is 0 Å². The van der Waals surface area contributed by atoms with Crippen LogP contribution in [0.25, 0.3) is 10.9 Å². The Morgan fingerprint density at radius 1 is 1.04 bits per heavy atom. The minimum Gasteiger partial charge on any atom is -0.497 e. The molecule has 3 rings (SSSR count). The predicted molar refractivity (Wildman–Crippen MR) is 93.7 cm³/mol. The van der Waals surface area contributed by atoms with Gasteiger partial charge >= 0.3 is 0 Å². The van der Waals surface area contributed by atoms with E-state index in [-0.39, 0.29) is 5.56 Å². The molecule has 0 fully saturated rings. The first-order valence-electron chi connectivity index (χ1n) is 7.99. The van der Waals surface area contributed by atoms with E-state index in [9.17, 15) is 4.79 Å². The minimum atomic E-state index is 0.00862. The third kappa shape index (κ3) is 3.74. The van der Waals surface area contributed by atoms with Crippen molar-refractivity contribution in [2.24, 2.45) is 0 Å². The zero-order chi connectivity index (χ0) is 16.8. The maximum Gasteiger partial charge on any atom is 0.261 e. The third-order valence-corrected chi connectivity index (χ3v) is 3.83. The van der Waals surface area contributed by atoms with Crippen LogP contribution in [0.4, 0.5) is 0 Å². The van der Waals surface area contributed by atoms with E-state index in [2.05, 4.69) is 4.98 Å². The Kier molecular flexibility index (Phi) is 5.11. The highest BCUT2D eigenvalue weighted by molar-refractivity contribution is 5.76. The molecule has 0 saturated heterocycles. The Morgan fingerprint density at radius 2 is 1.88 bits per heavy atom. The van der Waals surface area contributed by atoms with E-state index >= 15 is 0 Å². The monoisotopic (exact) mass is 324 g/mol. The van der Waals surface area contributed by atoms with Crippen molar-refractivity contribution < 1.29 is 9.47 Å². The smallest absolute Gasteiger partial charge is 0.261 e. The molecule has 5 heteroatoms. The van der Waals surface area contributed by atoms with Crippen LogP contribution >= 0.6 is 0 Å². The molecule has 0 aliphatic rings. The lowest BCUT2D eigenvalue weighted by molar-refractivity contribution is 0.300. The van der Waals surface area contributed by atoms with E-state index in [0.717, 1.165) is 29.9 Å². The van der Waals surface area contributed by atoms with Gasteiger partial charge in [-0.1, -0.05) is 18.2 Å². The molecule has 0 atom stereocenters. The molecule has 0 bridgehead atoms. The van der Waals surface area contributed by atoms with Crippen LogP contribution < -0.4 is 15.0 Å². The molecule has 0 aliphatic heterocycles. The topological polar surface area (TPSA) is 53.4 Å². The van der Waals surface area contributed by atoms with Crippen LogP contribution in [0.3, 0.4) is 0 Å². The zero-order valence-electron chi connectivity index (χ0n) is 13.6. The highest BCUT2D eigenvalue weighted by Crippen LogP contribution is 2.19. The fourth-order valence-electron chi connectivity index (χ4n) is 2.53. The number of benzene rings is 2. The molecule has 3 aromatic rings. The molecule has 0 amide bonds. The average molecular weight is 324 g/mol. The third-order valence-electron chi connectivity index (χ3n) is 3.83. The Morgan fingerprint density at radius 3 is 2.75 bits per heavy atom. The number of ether oxygens (including phenoxy) is 2. The van der Waals surface area contributed by atoms with Gasteiger partial charge in [0.05, 0.1) is 30.9 Å². The van der Waals surface area contributed by atoms with Crippen molar-refractivity contribution in [2.75, 3.05) is 13.7 Å². The van der Waals surface area contributed by atoms with Gasteiger partial charge < -0.3 is 9.47 Å². The van der Waals surface area contributed by atoms with Crippen LogP contribution in [0.15, 0.2) is 59.7 Å². The van der Waals surface area contributed by atoms with Gasteiger partial charge in [0.25, 0.3) is 5.56 Å². The van der Waals surface area contributed by atoms with Crippen LogP contribution in [0.2, 0.25) is 0 Å². The Balaban J connectivity index is 1.52. The maximum absolute atomic E-state index is 12.4. The van der Waals surface area contributed by atoms with E-state index < -0.39 is 0 Å². The van der Waals surface area contributed by atoms with Crippen LogP contribution in [0, 0.1) is 0 Å². The van der Waals surface area contributed by atoms with Gasteiger partial charge in [-0.2, -0.15) is 0 Å². The summed E-state index contributed by atoms with van der Waals surface area (Å²) in [5, 5.41) is 0.660. The second-order valence-electron chi connectivity index (χ2n) is 5.49. The van der Waals surface area contributed by atoms with Gasteiger partial charge in [0, 0.05) is 12.6 Å². The van der Waals surface area contributed by atoms with Gasteiger partial charge in [-0.15, -0.1) is 0 Å². The van der Waals surface area contributed by atoms with Gasteiger partial charge in [-0.05, 0) is 37.1 Å². The van der Waals surface area contributed by atoms with Gasteiger partial charge in [-0.3, -0.25) is 9.36 Å². The fourth-order valence-corrected chi connectivity index (χ4v) is 2.53. The molecule has 24 heavy (non-hydrogen) atoms. The summed E-state index contributed by atoms with van der Waals surface area (Å²) in [6.07, 6.45) is 3.33. The lowest BCUT2D eigenvalue weighted by atomic mass is 10.2. The number of aromatic nitrogens is 2. The number of hydrogen-bond donors (Lipinski definition) is 0. The van der Waals surface area contributed by atoms with Crippen molar-refractivity contribution in [3.8, 4) is 11.5 Å². The highest BCUT2D eigenvalue weighted by Gasteiger charge is 2.03. The summed E-state index contributed by atoms with van der Waals surface area (Å²) in [6.45, 7) is 1.24. The molecular formula is C19H20N2O3. The average Bonchev–Trinajstić information content (AvgIpc) is 2.63. The standard InChI is InChI=1S/C19H20N2O3/c1-23-15-7-6-8-16(13-15)24-12-5-4-11-21-14-20-18-10-3-2-9-17(18)19(21)22/h2-3,6-10,13-14H,4-5,11-12H2,1H3. The summed E-state index contributed by atoms with van der Waals surface area (Å²) >= 11 is 0. The molecule has 1 aromatic heterocycles. The van der Waals surface area contributed by atoms with Crippen molar-refractivity contribution in [3.05, 3.63) is 65.2 Å². The summed E-state index contributed by atoms with van der Waals surface area (Å²) in [5.41, 5.74) is 0.745. The maximum atomic E-state index is 12.4. The van der Waals surface area contributed by atoms with Crippen LogP contribution in [0.5, 0.6) is 11.5 Å². The molecule has 0 saturated carbocycles. The van der Waals surface area contributed by atoms with Crippen LogP contribution in [-0.4, -0.2) is 23.3 Å². The molecule has 0 unspecified atom stereocenters. The second-order valence-corrected chi connectivity index (χ2v) is 5.49. The summed E-state index contributed by atoms with van der Waals surface area (Å²) in [5.74, 6) is 1.57. The number of nitrogens with zero attached hydrogens (tertiary/aromatic N) is 2. The quantitative estimate of drug-likeness (QED) is 0.626. The number of hydrogen-bond acceptors (Lipinski definition) is 4. The summed E-state index contributed by atoms with van der Waals surface area (Å²) < 4.78 is 12.5. The van der Waals surface area contributed by atoms with Crippen molar-refractivity contribution in [1.82, 2.24) is 9.55 Å². The molecule has 1 heterocycles. The van der Waals surface area contributed by atoms with E-state index in [0.29, 0.717) is 18.5 Å². The number of aryl methyl sites for hydroxylation is 1. The lowest BCUT2D eigenvalue weighted by Crippen LogP contribution is -2.20. The molecular weight excluding hydrogens is 304 g/mol. The van der Waals surface area contributed by atoms with E-state index in [1.165, 1.54) is 0 Å². The number of unbranched alkanes of at least 4 members (excludes halogenated alkanes) is 1. The SMILES string of the molecule is COc1cccc(OCCCCn2cnc3ccccc3c2=O)c1. The molecule has 124 valence electrons. The Labute approximate surface area is 140 Å². The van der Waals surface area contributed by atoms with Crippen molar-refractivity contribution in [2.45, 2.75) is 19.4 Å². The largest absolute Gasteiger partial charge is 0.497 e. The molecule has 0 spiro atoms. The van der Waals surface area contributed by atoms with Crippen molar-refractivity contribution in [3.63, 3.8) is 0 Å². The van der Waals surface area contributed by atoms with Gasteiger partial charge in [0.1, 0.15) is 11.5 Å². The first-order chi connectivity index (χ1) is 11.8. The predicted octanol–water partition coefficient (Wildman–Crippen LogP) is 3.26. The first kappa shape index (κ1) is 16.1. The number of methoxy groups -OCH3 is 1. The zero-order valence-corrected chi connectivity index (χ0v) is 13.6. The summed E-state index contributed by atoms with van der Waals surface area (Å²) in [4.78, 5) is 16.7. The van der Waals surface area contributed by atoms with Gasteiger partial charge in [-0.25, -0.2) is 4.98 Å². The molecule has 5 nitrogen and oxygen atoms in total. The highest BCUT2D eigenvalue weighted by atomic mass is 16.5. The second kappa shape index (κ2) is 7.64. The minimum absolute atomic E-state index is 0.00862. The van der Waals surface area contributed by atoms with Crippen molar-refractivity contribution in [1.29, 1.82) is 0 Å². The number of fused-ring (bicyclic) bond motifs is 1. The normalized spacial score (nSPS) is 10.7. The van der Waals surface area contributed by atoms with Crippen molar-refractivity contribution >= 4 is 10.9 Å². The Bertz CT molecular complexity index is 874. The van der Waals surface area contributed by atoms with Gasteiger partial charge in [0.2, 0.25) is 0 Å².